The first-order valence-electron chi connectivity index (χ1n) is 23.4. The Kier molecular flexibility index (Phi) is 17.6. The molecule has 3 aromatic carbocycles. The third-order valence-electron chi connectivity index (χ3n) is 12.6. The Hall–Kier alpha value is -5.72. The molecule has 3 fully saturated rings. The second-order valence-corrected chi connectivity index (χ2v) is 17.5. The van der Waals surface area contributed by atoms with Crippen molar-refractivity contribution in [3.05, 3.63) is 107 Å². The molecule has 1 aliphatic heterocycles. The van der Waals surface area contributed by atoms with Crippen molar-refractivity contribution in [2.45, 2.75) is 121 Å². The lowest BCUT2D eigenvalue weighted by Crippen LogP contribution is -2.55. The van der Waals surface area contributed by atoms with Crippen LogP contribution in [0.2, 0.25) is 0 Å². The summed E-state index contributed by atoms with van der Waals surface area (Å²) in [5, 5.41) is 17.6. The van der Waals surface area contributed by atoms with Crippen LogP contribution in [0.3, 0.4) is 0 Å². The van der Waals surface area contributed by atoms with Crippen molar-refractivity contribution in [1.82, 2.24) is 36.8 Å². The zero-order valence-electron chi connectivity index (χ0n) is 37.0. The van der Waals surface area contributed by atoms with Crippen LogP contribution in [0.4, 0.5) is 4.79 Å². The van der Waals surface area contributed by atoms with Gasteiger partial charge in [0.25, 0.3) is 11.8 Å². The summed E-state index contributed by atoms with van der Waals surface area (Å²) in [6.45, 7) is 5.29. The average Bonchev–Trinajstić information content (AvgIpc) is 4.22. The number of hydrogen-bond donors (Lipinski definition) is 6. The Morgan fingerprint density at radius 2 is 1.05 bits per heavy atom. The highest BCUT2D eigenvalue weighted by Gasteiger charge is 2.49. The standard InChI is InChI=1S/C50H67N7O6/c1-3-5-7-9-10-18-28-52-50(63)56-44(48(61)51-27-17-8-6-4-2)31-53-45(58)36-23-25-37(26-24-36)49(62)57-32-40(46(59)54-42-29-38(42)34-19-13-11-14-20-34)41(33-57)47(60)55-43-30-39(43)35-21-15-12-16-22-35/h11-16,19-26,38-44H,3-10,17-18,27-33H2,1-2H3,(H,51,61)(H,53,58)(H,54,59)(H,55,60)(H2,52,56,63)/t38-,39-,40-,41-,42+,43+,44+/m1/s1. The van der Waals surface area contributed by atoms with Gasteiger partial charge in [-0.1, -0.05) is 126 Å². The molecule has 338 valence electrons. The van der Waals surface area contributed by atoms with E-state index in [1.165, 1.54) is 31.4 Å². The average molecular weight is 862 g/mol. The second-order valence-electron chi connectivity index (χ2n) is 17.5. The van der Waals surface area contributed by atoms with Crippen LogP contribution in [0, 0.1) is 11.8 Å². The fourth-order valence-corrected chi connectivity index (χ4v) is 8.58. The van der Waals surface area contributed by atoms with Gasteiger partial charge in [-0.25, -0.2) is 4.79 Å². The van der Waals surface area contributed by atoms with Gasteiger partial charge in [-0.2, -0.15) is 0 Å². The number of hydrogen-bond acceptors (Lipinski definition) is 6. The van der Waals surface area contributed by atoms with Gasteiger partial charge >= 0.3 is 6.03 Å². The SMILES string of the molecule is CCCCCCCCNC(=O)N[C@@H](CNC(=O)c1ccc(C(=O)N2C[C@@H](C(=O)N[C@H]3C[C@@H]3c3ccccc3)[C@H](C(=O)N[C@H]3C[C@@H]3c3ccccc3)C2)cc1)C(=O)NCCCCCC. The van der Waals surface area contributed by atoms with Crippen LogP contribution in [0.15, 0.2) is 84.9 Å². The molecular formula is C50H67N7O6. The fourth-order valence-electron chi connectivity index (χ4n) is 8.58. The van der Waals surface area contributed by atoms with Crippen LogP contribution in [0.1, 0.15) is 135 Å². The van der Waals surface area contributed by atoms with E-state index in [4.69, 9.17) is 0 Å². The molecule has 6 rings (SSSR count). The smallest absolute Gasteiger partial charge is 0.315 e. The van der Waals surface area contributed by atoms with Crippen LogP contribution >= 0.6 is 0 Å². The van der Waals surface area contributed by atoms with E-state index >= 15 is 0 Å². The second kappa shape index (κ2) is 23.6. The number of amides is 7. The summed E-state index contributed by atoms with van der Waals surface area (Å²) in [4.78, 5) is 82.6. The maximum absolute atomic E-state index is 14.0. The first-order valence-corrected chi connectivity index (χ1v) is 23.4. The lowest BCUT2D eigenvalue weighted by atomic mass is 9.94. The van der Waals surface area contributed by atoms with Gasteiger partial charge in [-0.3, -0.25) is 24.0 Å². The minimum absolute atomic E-state index is 0.0269. The summed E-state index contributed by atoms with van der Waals surface area (Å²) < 4.78 is 0. The van der Waals surface area contributed by atoms with Crippen molar-refractivity contribution >= 4 is 35.6 Å². The lowest BCUT2D eigenvalue weighted by Gasteiger charge is -2.20. The van der Waals surface area contributed by atoms with E-state index in [1.807, 2.05) is 36.4 Å². The van der Waals surface area contributed by atoms with Crippen molar-refractivity contribution in [3.63, 3.8) is 0 Å². The normalized spacial score (nSPS) is 21.4. The molecular weight excluding hydrogens is 795 g/mol. The number of nitrogens with zero attached hydrogens (tertiary/aromatic N) is 1. The molecule has 0 spiro atoms. The summed E-state index contributed by atoms with van der Waals surface area (Å²) >= 11 is 0. The van der Waals surface area contributed by atoms with E-state index in [1.54, 1.807) is 17.0 Å². The van der Waals surface area contributed by atoms with Crippen molar-refractivity contribution < 1.29 is 28.8 Å². The zero-order chi connectivity index (χ0) is 44.6. The van der Waals surface area contributed by atoms with E-state index < -0.39 is 29.8 Å². The number of rotatable bonds is 24. The Balaban J connectivity index is 1.04. The molecule has 3 aliphatic rings. The minimum Gasteiger partial charge on any atom is -0.354 e. The van der Waals surface area contributed by atoms with E-state index in [0.29, 0.717) is 18.7 Å². The molecule has 7 amide bonds. The first kappa shape index (κ1) is 46.8. The molecule has 0 bridgehead atoms. The number of urea groups is 1. The third kappa shape index (κ3) is 13.9. The van der Waals surface area contributed by atoms with Crippen LogP contribution in [0.25, 0.3) is 0 Å². The Morgan fingerprint density at radius 1 is 0.571 bits per heavy atom. The summed E-state index contributed by atoms with van der Waals surface area (Å²) in [6, 6.07) is 24.7. The lowest BCUT2D eigenvalue weighted by molar-refractivity contribution is -0.133. The van der Waals surface area contributed by atoms with Crippen LogP contribution < -0.4 is 31.9 Å². The summed E-state index contributed by atoms with van der Waals surface area (Å²) in [5.41, 5.74) is 2.90. The molecule has 0 aromatic heterocycles. The van der Waals surface area contributed by atoms with Gasteiger partial charge in [0, 0.05) is 67.8 Å². The monoisotopic (exact) mass is 862 g/mol. The van der Waals surface area contributed by atoms with Gasteiger partial charge in [0.05, 0.1) is 11.8 Å². The van der Waals surface area contributed by atoms with Crippen LogP contribution in [0.5, 0.6) is 0 Å². The number of likely N-dealkylation sites (tertiary alicyclic amines) is 1. The number of unbranched alkanes of at least 4 members (excludes halogenated alkanes) is 8. The molecule has 2 aliphatic carbocycles. The molecule has 0 unspecified atom stereocenters. The number of carbonyl (C=O) groups is 6. The molecule has 6 N–H and O–H groups in total. The van der Waals surface area contributed by atoms with Gasteiger partial charge in [0.2, 0.25) is 17.7 Å². The number of nitrogens with one attached hydrogen (secondary N) is 6. The molecule has 0 radical (unpaired) electrons. The van der Waals surface area contributed by atoms with Crippen molar-refractivity contribution in [2.24, 2.45) is 11.8 Å². The highest BCUT2D eigenvalue weighted by atomic mass is 16.2. The van der Waals surface area contributed by atoms with Crippen molar-refractivity contribution in [2.75, 3.05) is 32.7 Å². The van der Waals surface area contributed by atoms with Gasteiger partial charge in [-0.15, -0.1) is 0 Å². The molecule has 2 saturated carbocycles. The Labute approximate surface area is 372 Å². The molecule has 3 aromatic rings. The van der Waals surface area contributed by atoms with Crippen molar-refractivity contribution in [1.29, 1.82) is 0 Å². The highest BCUT2D eigenvalue weighted by Crippen LogP contribution is 2.42. The van der Waals surface area contributed by atoms with Gasteiger partial charge in [0.15, 0.2) is 0 Å². The van der Waals surface area contributed by atoms with Crippen molar-refractivity contribution in [3.8, 4) is 0 Å². The Bertz CT molecular complexity index is 1900. The van der Waals surface area contributed by atoms with E-state index in [0.717, 1.165) is 68.9 Å². The quantitative estimate of drug-likeness (QED) is 0.0587. The summed E-state index contributed by atoms with van der Waals surface area (Å²) in [5.74, 6) is -2.67. The predicted octanol–water partition coefficient (Wildman–Crippen LogP) is 6.17. The molecule has 13 heteroatoms. The topological polar surface area (TPSA) is 178 Å². The third-order valence-corrected chi connectivity index (χ3v) is 12.6. The maximum Gasteiger partial charge on any atom is 0.315 e. The largest absolute Gasteiger partial charge is 0.354 e. The number of benzene rings is 3. The summed E-state index contributed by atoms with van der Waals surface area (Å²) in [7, 11) is 0. The summed E-state index contributed by atoms with van der Waals surface area (Å²) in [6.07, 6.45) is 12.1. The fraction of sp³-hybridized carbons (Fsp3) is 0.520. The molecule has 7 atom stereocenters. The van der Waals surface area contributed by atoms with Gasteiger partial charge < -0.3 is 36.8 Å². The van der Waals surface area contributed by atoms with Crippen LogP contribution in [-0.4, -0.2) is 91.3 Å². The molecule has 63 heavy (non-hydrogen) atoms. The minimum atomic E-state index is -0.996. The molecule has 1 saturated heterocycles. The van der Waals surface area contributed by atoms with Gasteiger partial charge in [0.1, 0.15) is 6.04 Å². The van der Waals surface area contributed by atoms with E-state index in [9.17, 15) is 28.8 Å². The Morgan fingerprint density at radius 3 is 1.59 bits per heavy atom. The molecule has 13 nitrogen and oxygen atoms in total. The molecule has 1 heterocycles. The maximum atomic E-state index is 14.0. The van der Waals surface area contributed by atoms with Crippen LogP contribution in [-0.2, 0) is 14.4 Å². The highest BCUT2D eigenvalue weighted by molar-refractivity contribution is 5.99. The number of carbonyl (C=O) groups excluding carboxylic acids is 6. The van der Waals surface area contributed by atoms with E-state index in [-0.39, 0.29) is 72.7 Å². The van der Waals surface area contributed by atoms with Gasteiger partial charge in [-0.05, 0) is 61.1 Å². The van der Waals surface area contributed by atoms with E-state index in [2.05, 4.69) is 70.0 Å². The predicted molar refractivity (Wildman–Crippen MR) is 244 cm³/mol. The first-order chi connectivity index (χ1) is 30.7. The zero-order valence-corrected chi connectivity index (χ0v) is 37.0.